The average molecular weight is 352 g/mol. The summed E-state index contributed by atoms with van der Waals surface area (Å²) in [5.41, 5.74) is 1.81. The lowest BCUT2D eigenvalue weighted by molar-refractivity contribution is 0.0879. The van der Waals surface area contributed by atoms with E-state index in [2.05, 4.69) is 5.32 Å². The van der Waals surface area contributed by atoms with E-state index in [1.165, 1.54) is 0 Å². The Morgan fingerprint density at radius 1 is 1.05 bits per heavy atom. The molecule has 0 fully saturated rings. The lowest BCUT2D eigenvalue weighted by atomic mass is 10.0. The van der Waals surface area contributed by atoms with Gasteiger partial charge in [0.2, 0.25) is 0 Å². The topological polar surface area (TPSA) is 46.2 Å². The van der Waals surface area contributed by atoms with Crippen LogP contribution < -0.4 is 5.32 Å². The van der Waals surface area contributed by atoms with Crippen LogP contribution in [-0.2, 0) is 6.42 Å². The van der Waals surface area contributed by atoms with Crippen LogP contribution in [-0.4, -0.2) is 17.6 Å². The third-order valence-corrected chi connectivity index (χ3v) is 5.11. The predicted molar refractivity (Wildman–Crippen MR) is 89.1 cm³/mol. The van der Waals surface area contributed by atoms with E-state index in [4.69, 9.17) is 23.2 Å². The van der Waals surface area contributed by atoms with Crippen molar-refractivity contribution in [3.8, 4) is 0 Å². The highest BCUT2D eigenvalue weighted by molar-refractivity contribution is 7.99. The van der Waals surface area contributed by atoms with Gasteiger partial charge in [0, 0.05) is 15.7 Å². The SMILES string of the molecule is O=C1NC(=O)c2c(CCSc3cc(Cl)ccc3Cl)cccc21. The summed E-state index contributed by atoms with van der Waals surface area (Å²) >= 11 is 13.7. The second-order valence-corrected chi connectivity index (χ2v) is 6.78. The molecule has 0 radical (unpaired) electrons. The standard InChI is InChI=1S/C16H11Cl2NO2S/c17-10-4-5-12(18)13(8-10)22-7-6-9-2-1-3-11-14(9)16(21)19-15(11)20/h1-5,8H,6-7H2,(H,19,20,21). The zero-order valence-electron chi connectivity index (χ0n) is 11.4. The predicted octanol–water partition coefficient (Wildman–Crippen LogP) is 4.21. The van der Waals surface area contributed by atoms with Gasteiger partial charge in [0.1, 0.15) is 0 Å². The van der Waals surface area contributed by atoms with Crippen molar-refractivity contribution in [1.29, 1.82) is 0 Å². The van der Waals surface area contributed by atoms with Crippen LogP contribution in [0, 0.1) is 0 Å². The summed E-state index contributed by atoms with van der Waals surface area (Å²) in [4.78, 5) is 24.4. The van der Waals surface area contributed by atoms with E-state index in [0.29, 0.717) is 27.6 Å². The van der Waals surface area contributed by atoms with Crippen LogP contribution >= 0.6 is 35.0 Å². The van der Waals surface area contributed by atoms with Crippen molar-refractivity contribution < 1.29 is 9.59 Å². The molecule has 0 saturated heterocycles. The number of amides is 2. The minimum Gasteiger partial charge on any atom is -0.288 e. The van der Waals surface area contributed by atoms with Gasteiger partial charge in [-0.15, -0.1) is 11.8 Å². The molecule has 3 rings (SSSR count). The summed E-state index contributed by atoms with van der Waals surface area (Å²) in [5, 5.41) is 3.61. The van der Waals surface area contributed by atoms with Crippen LogP contribution in [0.5, 0.6) is 0 Å². The number of hydrogen-bond acceptors (Lipinski definition) is 3. The Balaban J connectivity index is 1.74. The fourth-order valence-electron chi connectivity index (χ4n) is 2.36. The van der Waals surface area contributed by atoms with Gasteiger partial charge in [0.05, 0.1) is 16.1 Å². The van der Waals surface area contributed by atoms with Gasteiger partial charge in [-0.25, -0.2) is 0 Å². The summed E-state index contributed by atoms with van der Waals surface area (Å²) in [5.74, 6) is 0.0895. The molecule has 0 aromatic heterocycles. The number of carbonyl (C=O) groups is 2. The fourth-order valence-corrected chi connectivity index (χ4v) is 3.83. The van der Waals surface area contributed by atoms with Gasteiger partial charge in [0.25, 0.3) is 11.8 Å². The number of imide groups is 1. The molecule has 22 heavy (non-hydrogen) atoms. The van der Waals surface area contributed by atoms with Crippen LogP contribution in [0.15, 0.2) is 41.3 Å². The number of fused-ring (bicyclic) bond motifs is 1. The molecule has 1 aliphatic rings. The van der Waals surface area contributed by atoms with E-state index in [1.54, 1.807) is 36.0 Å². The maximum atomic E-state index is 11.9. The summed E-state index contributed by atoms with van der Waals surface area (Å²) in [6.07, 6.45) is 0.664. The van der Waals surface area contributed by atoms with Crippen LogP contribution in [0.25, 0.3) is 0 Å². The number of nitrogens with one attached hydrogen (secondary N) is 1. The Hall–Kier alpha value is -1.49. The largest absolute Gasteiger partial charge is 0.288 e. The highest BCUT2D eigenvalue weighted by atomic mass is 35.5. The zero-order valence-corrected chi connectivity index (χ0v) is 13.7. The summed E-state index contributed by atoms with van der Waals surface area (Å²) in [6.45, 7) is 0. The van der Waals surface area contributed by atoms with Crippen LogP contribution in [0.4, 0.5) is 0 Å². The first-order valence-corrected chi connectivity index (χ1v) is 8.36. The van der Waals surface area contributed by atoms with Crippen LogP contribution in [0.3, 0.4) is 0 Å². The average Bonchev–Trinajstić information content (AvgIpc) is 2.79. The first-order valence-electron chi connectivity index (χ1n) is 6.61. The molecule has 2 aromatic carbocycles. The van der Waals surface area contributed by atoms with Crippen molar-refractivity contribution in [2.24, 2.45) is 0 Å². The zero-order chi connectivity index (χ0) is 15.7. The van der Waals surface area contributed by atoms with Gasteiger partial charge < -0.3 is 0 Å². The Labute approximate surface area is 142 Å². The van der Waals surface area contributed by atoms with E-state index in [9.17, 15) is 9.59 Å². The molecule has 2 amide bonds. The van der Waals surface area contributed by atoms with Crippen molar-refractivity contribution in [1.82, 2.24) is 5.32 Å². The number of hydrogen-bond donors (Lipinski definition) is 1. The Kier molecular flexibility index (Phi) is 4.43. The van der Waals surface area contributed by atoms with Crippen molar-refractivity contribution in [2.75, 3.05) is 5.75 Å². The molecule has 0 atom stereocenters. The molecule has 0 saturated carbocycles. The lowest BCUT2D eigenvalue weighted by Gasteiger charge is -2.07. The Morgan fingerprint density at radius 3 is 2.68 bits per heavy atom. The summed E-state index contributed by atoms with van der Waals surface area (Å²) in [6, 6.07) is 10.7. The minimum absolute atomic E-state index is 0.318. The molecule has 2 aromatic rings. The van der Waals surface area contributed by atoms with Crippen molar-refractivity contribution in [3.05, 3.63) is 63.1 Å². The van der Waals surface area contributed by atoms with E-state index < -0.39 is 0 Å². The summed E-state index contributed by atoms with van der Waals surface area (Å²) < 4.78 is 0. The molecule has 0 unspecified atom stereocenters. The van der Waals surface area contributed by atoms with Gasteiger partial charge >= 0.3 is 0 Å². The molecular formula is C16H11Cl2NO2S. The van der Waals surface area contributed by atoms with Crippen molar-refractivity contribution in [2.45, 2.75) is 11.3 Å². The van der Waals surface area contributed by atoms with Gasteiger partial charge in [-0.3, -0.25) is 14.9 Å². The molecule has 1 N–H and O–H groups in total. The molecule has 0 bridgehead atoms. The van der Waals surface area contributed by atoms with E-state index in [0.717, 1.165) is 16.2 Å². The highest BCUT2D eigenvalue weighted by Crippen LogP contribution is 2.31. The number of thioether (sulfide) groups is 1. The maximum absolute atomic E-state index is 11.9. The highest BCUT2D eigenvalue weighted by Gasteiger charge is 2.28. The van der Waals surface area contributed by atoms with Gasteiger partial charge in [-0.1, -0.05) is 35.3 Å². The quantitative estimate of drug-likeness (QED) is 0.662. The molecule has 1 aliphatic heterocycles. The van der Waals surface area contributed by atoms with Crippen molar-refractivity contribution >= 4 is 46.8 Å². The Bertz CT molecular complexity index is 777. The molecule has 112 valence electrons. The molecular weight excluding hydrogens is 341 g/mol. The maximum Gasteiger partial charge on any atom is 0.259 e. The number of halogens is 2. The lowest BCUT2D eigenvalue weighted by Crippen LogP contribution is -2.20. The summed E-state index contributed by atoms with van der Waals surface area (Å²) in [7, 11) is 0. The molecule has 3 nitrogen and oxygen atoms in total. The Morgan fingerprint density at radius 2 is 1.86 bits per heavy atom. The third-order valence-electron chi connectivity index (χ3n) is 3.37. The first kappa shape index (κ1) is 15.4. The minimum atomic E-state index is -0.326. The molecule has 1 heterocycles. The number of carbonyl (C=O) groups excluding carboxylic acids is 2. The molecule has 6 heteroatoms. The smallest absolute Gasteiger partial charge is 0.259 e. The van der Waals surface area contributed by atoms with Crippen LogP contribution in [0.2, 0.25) is 10.0 Å². The molecule has 0 spiro atoms. The molecule has 0 aliphatic carbocycles. The normalized spacial score (nSPS) is 13.2. The first-order chi connectivity index (χ1) is 10.6. The van der Waals surface area contributed by atoms with Gasteiger partial charge in [-0.05, 0) is 36.2 Å². The van der Waals surface area contributed by atoms with Crippen molar-refractivity contribution in [3.63, 3.8) is 0 Å². The van der Waals surface area contributed by atoms with Gasteiger partial charge in [0.15, 0.2) is 0 Å². The van der Waals surface area contributed by atoms with E-state index >= 15 is 0 Å². The number of benzene rings is 2. The third kappa shape index (κ3) is 3.00. The van der Waals surface area contributed by atoms with Gasteiger partial charge in [-0.2, -0.15) is 0 Å². The second kappa shape index (κ2) is 6.32. The number of rotatable bonds is 4. The van der Waals surface area contributed by atoms with Crippen LogP contribution in [0.1, 0.15) is 26.3 Å². The monoisotopic (exact) mass is 351 g/mol. The number of aryl methyl sites for hydroxylation is 1. The second-order valence-electron chi connectivity index (χ2n) is 4.80. The van der Waals surface area contributed by atoms with E-state index in [1.807, 2.05) is 12.1 Å². The van der Waals surface area contributed by atoms with E-state index in [-0.39, 0.29) is 11.8 Å². The fraction of sp³-hybridized carbons (Fsp3) is 0.125.